The van der Waals surface area contributed by atoms with E-state index in [4.69, 9.17) is 14.8 Å². The highest BCUT2D eigenvalue weighted by molar-refractivity contribution is 6.58. The van der Waals surface area contributed by atoms with E-state index in [0.717, 1.165) is 23.8 Å². The van der Waals surface area contributed by atoms with Gasteiger partial charge in [0.25, 0.3) is 0 Å². The number of aryl methyl sites for hydroxylation is 1. The van der Waals surface area contributed by atoms with Crippen molar-refractivity contribution in [2.45, 2.75) is 19.8 Å². The molecule has 0 saturated heterocycles. The summed E-state index contributed by atoms with van der Waals surface area (Å²) < 4.78 is 5.63. The third kappa shape index (κ3) is 2.73. The molecule has 3 nitrogen and oxygen atoms in total. The van der Waals surface area contributed by atoms with Crippen LogP contribution in [0.15, 0.2) is 18.2 Å². The highest BCUT2D eigenvalue weighted by Gasteiger charge is 2.22. The smallest absolute Gasteiger partial charge is 0.488 e. The number of ether oxygens (including phenoxy) is 1. The number of benzene rings is 1. The molecule has 1 saturated carbocycles. The van der Waals surface area contributed by atoms with Crippen molar-refractivity contribution in [3.63, 3.8) is 0 Å². The first kappa shape index (κ1) is 10.5. The molecule has 2 N–H and O–H groups in total. The molecule has 0 aromatic heterocycles. The van der Waals surface area contributed by atoms with E-state index in [9.17, 15) is 0 Å². The van der Waals surface area contributed by atoms with Crippen LogP contribution in [0.2, 0.25) is 0 Å². The maximum atomic E-state index is 8.98. The minimum Gasteiger partial charge on any atom is -0.493 e. The van der Waals surface area contributed by atoms with Gasteiger partial charge in [-0.1, -0.05) is 12.1 Å². The summed E-state index contributed by atoms with van der Waals surface area (Å²) in [4.78, 5) is 0. The van der Waals surface area contributed by atoms with Gasteiger partial charge in [0.15, 0.2) is 0 Å². The maximum Gasteiger partial charge on any atom is 0.488 e. The van der Waals surface area contributed by atoms with Crippen LogP contribution < -0.4 is 10.2 Å². The molecule has 0 spiro atoms. The Morgan fingerprint density at radius 1 is 1.40 bits per heavy atom. The van der Waals surface area contributed by atoms with Crippen LogP contribution in [0.25, 0.3) is 0 Å². The molecule has 80 valence electrons. The van der Waals surface area contributed by atoms with Crippen LogP contribution in [0.5, 0.6) is 5.75 Å². The van der Waals surface area contributed by atoms with E-state index in [1.807, 2.05) is 6.92 Å². The van der Waals surface area contributed by atoms with Gasteiger partial charge in [0, 0.05) is 0 Å². The summed E-state index contributed by atoms with van der Waals surface area (Å²) in [5.41, 5.74) is 1.45. The second kappa shape index (κ2) is 4.25. The summed E-state index contributed by atoms with van der Waals surface area (Å²) >= 11 is 0. The monoisotopic (exact) mass is 206 g/mol. The number of hydrogen-bond donors (Lipinski definition) is 2. The van der Waals surface area contributed by atoms with Crippen LogP contribution in [0, 0.1) is 12.8 Å². The number of hydrogen-bond acceptors (Lipinski definition) is 3. The van der Waals surface area contributed by atoms with Crippen molar-refractivity contribution >= 4 is 12.6 Å². The van der Waals surface area contributed by atoms with Gasteiger partial charge in [0.05, 0.1) is 6.61 Å². The Kier molecular flexibility index (Phi) is 2.98. The van der Waals surface area contributed by atoms with Gasteiger partial charge >= 0.3 is 7.12 Å². The van der Waals surface area contributed by atoms with Crippen molar-refractivity contribution in [1.29, 1.82) is 0 Å². The SMILES string of the molecule is Cc1cc(B(O)O)ccc1OCC1CC1. The first-order chi connectivity index (χ1) is 7.16. The molecule has 2 rings (SSSR count). The van der Waals surface area contributed by atoms with Crippen molar-refractivity contribution in [2.24, 2.45) is 5.92 Å². The lowest BCUT2D eigenvalue weighted by Gasteiger charge is -2.09. The predicted molar refractivity (Wildman–Crippen MR) is 59.2 cm³/mol. The maximum absolute atomic E-state index is 8.98. The summed E-state index contributed by atoms with van der Waals surface area (Å²) in [5.74, 6) is 1.57. The number of rotatable bonds is 4. The van der Waals surface area contributed by atoms with Crippen molar-refractivity contribution in [1.82, 2.24) is 0 Å². The fourth-order valence-corrected chi connectivity index (χ4v) is 1.49. The molecule has 1 aliphatic rings. The molecule has 0 amide bonds. The fourth-order valence-electron chi connectivity index (χ4n) is 1.49. The van der Waals surface area contributed by atoms with Crippen molar-refractivity contribution in [3.8, 4) is 5.75 Å². The lowest BCUT2D eigenvalue weighted by atomic mass is 9.79. The molecule has 0 heterocycles. The third-order valence-corrected chi connectivity index (χ3v) is 2.67. The van der Waals surface area contributed by atoms with Crippen molar-refractivity contribution < 1.29 is 14.8 Å². The van der Waals surface area contributed by atoms with Gasteiger partial charge in [0.1, 0.15) is 5.75 Å². The molecular weight excluding hydrogens is 191 g/mol. The van der Waals surface area contributed by atoms with E-state index < -0.39 is 7.12 Å². The van der Waals surface area contributed by atoms with Crippen LogP contribution in [0.3, 0.4) is 0 Å². The van der Waals surface area contributed by atoms with Crippen LogP contribution in [0.4, 0.5) is 0 Å². The molecule has 0 atom stereocenters. The normalized spacial score (nSPS) is 15.1. The Morgan fingerprint density at radius 3 is 2.67 bits per heavy atom. The van der Waals surface area contributed by atoms with E-state index in [-0.39, 0.29) is 0 Å². The van der Waals surface area contributed by atoms with E-state index in [0.29, 0.717) is 5.46 Å². The van der Waals surface area contributed by atoms with Crippen molar-refractivity contribution in [2.75, 3.05) is 6.61 Å². The minimum atomic E-state index is -1.40. The Hall–Kier alpha value is -0.995. The van der Waals surface area contributed by atoms with E-state index >= 15 is 0 Å². The van der Waals surface area contributed by atoms with Gasteiger partial charge in [-0.3, -0.25) is 0 Å². The summed E-state index contributed by atoms with van der Waals surface area (Å²) in [6.07, 6.45) is 2.54. The Balaban J connectivity index is 2.04. The molecule has 0 bridgehead atoms. The summed E-state index contributed by atoms with van der Waals surface area (Å²) in [6, 6.07) is 5.22. The summed E-state index contributed by atoms with van der Waals surface area (Å²) in [5, 5.41) is 18.0. The Morgan fingerprint density at radius 2 is 2.13 bits per heavy atom. The Labute approximate surface area is 89.8 Å². The molecule has 1 aromatic rings. The molecular formula is C11H15BO3. The van der Waals surface area contributed by atoms with Gasteiger partial charge in [-0.25, -0.2) is 0 Å². The zero-order valence-corrected chi connectivity index (χ0v) is 8.81. The van der Waals surface area contributed by atoms with Crippen LogP contribution >= 0.6 is 0 Å². The fraction of sp³-hybridized carbons (Fsp3) is 0.455. The lowest BCUT2D eigenvalue weighted by molar-refractivity contribution is 0.298. The third-order valence-electron chi connectivity index (χ3n) is 2.67. The second-order valence-corrected chi connectivity index (χ2v) is 4.15. The van der Waals surface area contributed by atoms with Gasteiger partial charge in [-0.2, -0.15) is 0 Å². The van der Waals surface area contributed by atoms with Crippen LogP contribution in [-0.4, -0.2) is 23.8 Å². The van der Waals surface area contributed by atoms with Gasteiger partial charge in [-0.05, 0) is 42.8 Å². The molecule has 4 heteroatoms. The van der Waals surface area contributed by atoms with Crippen LogP contribution in [0.1, 0.15) is 18.4 Å². The minimum absolute atomic E-state index is 0.506. The standard InChI is InChI=1S/C11H15BO3/c1-8-6-10(12(13)14)4-5-11(8)15-7-9-2-3-9/h4-6,9,13-14H,2-3,7H2,1H3. The summed E-state index contributed by atoms with van der Waals surface area (Å²) in [6.45, 7) is 2.69. The average Bonchev–Trinajstić information content (AvgIpc) is 2.99. The first-order valence-corrected chi connectivity index (χ1v) is 5.26. The highest BCUT2D eigenvalue weighted by atomic mass is 16.5. The summed E-state index contributed by atoms with van der Waals surface area (Å²) in [7, 11) is -1.40. The quantitative estimate of drug-likeness (QED) is 0.703. The lowest BCUT2D eigenvalue weighted by Crippen LogP contribution is -2.29. The largest absolute Gasteiger partial charge is 0.493 e. The second-order valence-electron chi connectivity index (χ2n) is 4.15. The van der Waals surface area contributed by atoms with E-state index in [2.05, 4.69) is 0 Å². The molecule has 0 unspecified atom stereocenters. The van der Waals surface area contributed by atoms with E-state index in [1.165, 1.54) is 12.8 Å². The van der Waals surface area contributed by atoms with Gasteiger partial charge < -0.3 is 14.8 Å². The van der Waals surface area contributed by atoms with Crippen molar-refractivity contribution in [3.05, 3.63) is 23.8 Å². The molecule has 1 aliphatic carbocycles. The predicted octanol–water partition coefficient (Wildman–Crippen LogP) is 0.464. The molecule has 0 aliphatic heterocycles. The average molecular weight is 206 g/mol. The van der Waals surface area contributed by atoms with Crippen LogP contribution in [-0.2, 0) is 0 Å². The van der Waals surface area contributed by atoms with Gasteiger partial charge in [-0.15, -0.1) is 0 Å². The molecule has 1 fully saturated rings. The highest BCUT2D eigenvalue weighted by Crippen LogP contribution is 2.30. The zero-order chi connectivity index (χ0) is 10.8. The molecule has 1 aromatic carbocycles. The van der Waals surface area contributed by atoms with Gasteiger partial charge in [0.2, 0.25) is 0 Å². The topological polar surface area (TPSA) is 49.7 Å². The zero-order valence-electron chi connectivity index (χ0n) is 8.81. The Bertz CT molecular complexity index is 348. The molecule has 0 radical (unpaired) electrons. The first-order valence-electron chi connectivity index (χ1n) is 5.26. The molecule has 15 heavy (non-hydrogen) atoms. The van der Waals surface area contributed by atoms with E-state index in [1.54, 1.807) is 18.2 Å².